The highest BCUT2D eigenvalue weighted by molar-refractivity contribution is 4.89. The molecule has 11 aliphatic heterocycles. The summed E-state index contributed by atoms with van der Waals surface area (Å²) in [6.45, 7) is 8.30. The lowest BCUT2D eigenvalue weighted by Gasteiger charge is -2.36. The number of nitrogens with one attached hydrogen (secondary N) is 5. The Hall–Kier alpha value is -0.280. The maximum absolute atomic E-state index is 5.37. The SMILES string of the molecule is C1CC2CCC1CN2.C1CC2CCC1CN2.C1C[C@@H]2NC[C@H]1CO2.C1C[C@H]2C[C@@H]1CN2.C1C[C@H]2NC[C@@H]1CO2. The summed E-state index contributed by atoms with van der Waals surface area (Å²) < 4.78 is 10.7. The van der Waals surface area contributed by atoms with Crippen molar-refractivity contribution in [2.24, 2.45) is 29.6 Å². The van der Waals surface area contributed by atoms with E-state index in [2.05, 4.69) is 26.6 Å². The Morgan fingerprint density at radius 2 is 0.718 bits per heavy atom. The molecule has 3 saturated carbocycles. The second-order valence-corrected chi connectivity index (χ2v) is 14.4. The van der Waals surface area contributed by atoms with Gasteiger partial charge in [0.2, 0.25) is 0 Å². The van der Waals surface area contributed by atoms with Gasteiger partial charge in [-0.15, -0.1) is 0 Å². The zero-order valence-corrected chi connectivity index (χ0v) is 24.6. The molecule has 10 bridgehead atoms. The largest absolute Gasteiger partial charge is 0.363 e. The zero-order chi connectivity index (χ0) is 26.3. The molecule has 7 nitrogen and oxygen atoms in total. The first-order chi connectivity index (χ1) is 19.2. The van der Waals surface area contributed by atoms with Crippen molar-refractivity contribution in [1.29, 1.82) is 0 Å². The molecule has 0 aromatic carbocycles. The highest BCUT2D eigenvalue weighted by Crippen LogP contribution is 2.30. The molecule has 0 unspecified atom stereocenters. The van der Waals surface area contributed by atoms with E-state index >= 15 is 0 Å². The van der Waals surface area contributed by atoms with Gasteiger partial charge in [0.25, 0.3) is 0 Å². The van der Waals surface area contributed by atoms with E-state index < -0.39 is 0 Å². The van der Waals surface area contributed by atoms with Gasteiger partial charge in [0.05, 0.1) is 13.2 Å². The summed E-state index contributed by atoms with van der Waals surface area (Å²) in [5.74, 6) is 4.78. The molecule has 6 atom stereocenters. The number of piperidine rings is 7. The molecular formula is C32H59N5O2. The Bertz CT molecular complexity index is 489. The first-order valence-electron chi connectivity index (χ1n) is 17.1. The van der Waals surface area contributed by atoms with Gasteiger partial charge < -0.3 is 25.4 Å². The molecule has 5 N–H and O–H groups in total. The van der Waals surface area contributed by atoms with E-state index in [1.165, 1.54) is 129 Å². The Kier molecular flexibility index (Phi) is 10.9. The summed E-state index contributed by atoms with van der Waals surface area (Å²) in [5, 5.41) is 17.1. The van der Waals surface area contributed by atoms with Crippen LogP contribution >= 0.6 is 0 Å². The van der Waals surface area contributed by atoms with Crippen molar-refractivity contribution >= 4 is 0 Å². The molecule has 0 aromatic rings. The third-order valence-electron chi connectivity index (χ3n) is 11.3. The van der Waals surface area contributed by atoms with Gasteiger partial charge in [-0.05, 0) is 146 Å². The molecule has 224 valence electrons. The molecule has 0 amide bonds. The third kappa shape index (κ3) is 8.86. The minimum atomic E-state index is 0.403. The van der Waals surface area contributed by atoms with Crippen molar-refractivity contribution in [1.82, 2.24) is 26.6 Å². The number of hydrogen-bond donors (Lipinski definition) is 5. The van der Waals surface area contributed by atoms with Gasteiger partial charge in [0.15, 0.2) is 0 Å². The monoisotopic (exact) mass is 545 g/mol. The lowest BCUT2D eigenvalue weighted by atomic mass is 9.82. The van der Waals surface area contributed by atoms with Gasteiger partial charge >= 0.3 is 0 Å². The van der Waals surface area contributed by atoms with Crippen LogP contribution in [-0.4, -0.2) is 76.5 Å². The van der Waals surface area contributed by atoms with Crippen LogP contribution in [0, 0.1) is 29.6 Å². The van der Waals surface area contributed by atoms with Crippen LogP contribution < -0.4 is 26.6 Å². The molecule has 0 radical (unpaired) electrons. The molecule has 7 heteroatoms. The van der Waals surface area contributed by atoms with E-state index in [9.17, 15) is 0 Å². The molecule has 0 spiro atoms. The average Bonchev–Trinajstić information content (AvgIpc) is 3.73. The summed E-state index contributed by atoms with van der Waals surface area (Å²) >= 11 is 0. The predicted octanol–water partition coefficient (Wildman–Crippen LogP) is 3.74. The van der Waals surface area contributed by atoms with Crippen LogP contribution in [-0.2, 0) is 9.47 Å². The van der Waals surface area contributed by atoms with Gasteiger partial charge in [-0.25, -0.2) is 0 Å². The first kappa shape index (κ1) is 28.8. The van der Waals surface area contributed by atoms with Crippen molar-refractivity contribution in [3.05, 3.63) is 0 Å². The zero-order valence-electron chi connectivity index (χ0n) is 24.6. The standard InChI is InChI=1S/2C7H13N.2C6H11NO.C6H11N/c2*1-3-7-4-2-6(1)5-8-7;2*1-2-6-7-3-5(1)4-8-6;1-2-6-3-5(1)4-7-6/h2*6-8H,1-5H2;2*5-7H,1-4H2;5-7H,1-4H2/t;;3*5-,6+/m..101/s1. The van der Waals surface area contributed by atoms with Gasteiger partial charge in [0, 0.05) is 31.2 Å². The maximum atomic E-state index is 5.37. The normalized spacial score (nSPS) is 45.5. The Morgan fingerprint density at radius 3 is 0.795 bits per heavy atom. The van der Waals surface area contributed by atoms with E-state index in [1.807, 2.05) is 0 Å². The summed E-state index contributed by atoms with van der Waals surface area (Å²) in [6, 6.07) is 2.73. The quantitative estimate of drug-likeness (QED) is 0.317. The van der Waals surface area contributed by atoms with Crippen molar-refractivity contribution in [3.8, 4) is 0 Å². The van der Waals surface area contributed by atoms with E-state index in [0.29, 0.717) is 12.5 Å². The van der Waals surface area contributed by atoms with Crippen LogP contribution in [0.15, 0.2) is 0 Å². The average molecular weight is 546 g/mol. The van der Waals surface area contributed by atoms with E-state index in [0.717, 1.165) is 60.9 Å². The third-order valence-corrected chi connectivity index (χ3v) is 11.3. The smallest absolute Gasteiger partial charge is 0.108 e. The molecule has 11 saturated heterocycles. The van der Waals surface area contributed by atoms with Crippen molar-refractivity contribution in [2.45, 2.75) is 127 Å². The van der Waals surface area contributed by atoms with Crippen LogP contribution in [0.2, 0.25) is 0 Å². The van der Waals surface area contributed by atoms with E-state index in [-0.39, 0.29) is 0 Å². The Morgan fingerprint density at radius 1 is 0.333 bits per heavy atom. The highest BCUT2D eigenvalue weighted by atomic mass is 16.5. The molecule has 3 aliphatic carbocycles. The van der Waals surface area contributed by atoms with Crippen molar-refractivity contribution < 1.29 is 9.47 Å². The number of fused-ring (bicyclic) bond motifs is 14. The molecule has 0 aromatic heterocycles. The summed E-state index contributed by atoms with van der Waals surface area (Å²) in [7, 11) is 0. The Balaban J connectivity index is 0.0000000887. The fraction of sp³-hybridized carbons (Fsp3) is 1.00. The number of hydrogen-bond acceptors (Lipinski definition) is 7. The second kappa shape index (κ2) is 14.8. The lowest BCUT2D eigenvalue weighted by molar-refractivity contribution is -0.0725. The van der Waals surface area contributed by atoms with Gasteiger partial charge in [-0.3, -0.25) is 10.6 Å². The summed E-state index contributed by atoms with van der Waals surface area (Å²) in [5.41, 5.74) is 0. The summed E-state index contributed by atoms with van der Waals surface area (Å²) in [6.07, 6.45) is 22.2. The maximum Gasteiger partial charge on any atom is 0.108 e. The van der Waals surface area contributed by atoms with Gasteiger partial charge in [-0.1, -0.05) is 0 Å². The Labute approximate surface area is 238 Å². The van der Waals surface area contributed by atoms with E-state index in [4.69, 9.17) is 9.47 Å². The van der Waals surface area contributed by atoms with Crippen LogP contribution in [0.4, 0.5) is 0 Å². The minimum Gasteiger partial charge on any atom is -0.363 e. The van der Waals surface area contributed by atoms with Crippen molar-refractivity contribution in [2.75, 3.05) is 45.9 Å². The highest BCUT2D eigenvalue weighted by Gasteiger charge is 2.31. The van der Waals surface area contributed by atoms with Crippen LogP contribution in [0.3, 0.4) is 0 Å². The van der Waals surface area contributed by atoms with Crippen LogP contribution in [0.5, 0.6) is 0 Å². The first-order valence-corrected chi connectivity index (χ1v) is 17.1. The van der Waals surface area contributed by atoms with Crippen LogP contribution in [0.1, 0.15) is 96.3 Å². The molecule has 14 rings (SSSR count). The fourth-order valence-electron chi connectivity index (χ4n) is 8.44. The predicted molar refractivity (Wildman–Crippen MR) is 158 cm³/mol. The topological polar surface area (TPSA) is 78.6 Å². The molecule has 11 heterocycles. The number of rotatable bonds is 0. The molecule has 14 fully saturated rings. The van der Waals surface area contributed by atoms with E-state index in [1.54, 1.807) is 0 Å². The molecule has 39 heavy (non-hydrogen) atoms. The van der Waals surface area contributed by atoms with Gasteiger partial charge in [-0.2, -0.15) is 0 Å². The van der Waals surface area contributed by atoms with Crippen molar-refractivity contribution in [3.63, 3.8) is 0 Å². The lowest BCUT2D eigenvalue weighted by Crippen LogP contribution is -2.48. The number of ether oxygens (including phenoxy) is 2. The van der Waals surface area contributed by atoms with Gasteiger partial charge in [0.1, 0.15) is 12.5 Å². The molecule has 14 aliphatic rings. The molecular weight excluding hydrogens is 486 g/mol. The van der Waals surface area contributed by atoms with Crippen LogP contribution in [0.25, 0.3) is 0 Å². The minimum absolute atomic E-state index is 0.403. The second-order valence-electron chi connectivity index (χ2n) is 14.4. The fourth-order valence-corrected chi connectivity index (χ4v) is 8.44. The summed E-state index contributed by atoms with van der Waals surface area (Å²) in [4.78, 5) is 0.